The van der Waals surface area contributed by atoms with Crippen LogP contribution in [0.1, 0.15) is 24.0 Å². The maximum Gasteiger partial charge on any atom is 0.273 e. The molecule has 3 rings (SSSR count). The fourth-order valence-corrected chi connectivity index (χ4v) is 2.48. The molecule has 0 amide bonds. The van der Waals surface area contributed by atoms with Crippen molar-refractivity contribution in [3.63, 3.8) is 0 Å². The van der Waals surface area contributed by atoms with Crippen molar-refractivity contribution in [2.45, 2.75) is 25.8 Å². The van der Waals surface area contributed by atoms with Crippen molar-refractivity contribution in [2.24, 2.45) is 0 Å². The van der Waals surface area contributed by atoms with E-state index in [-0.39, 0.29) is 12.3 Å². The first-order valence-corrected chi connectivity index (χ1v) is 7.59. The molecule has 0 saturated carbocycles. The maximum absolute atomic E-state index is 13.6. The second-order valence-corrected chi connectivity index (χ2v) is 5.65. The van der Waals surface area contributed by atoms with E-state index < -0.39 is 17.3 Å². The lowest BCUT2D eigenvalue weighted by Gasteiger charge is -2.12. The summed E-state index contributed by atoms with van der Waals surface area (Å²) in [6.07, 6.45) is 5.35. The van der Waals surface area contributed by atoms with Gasteiger partial charge in [0.2, 0.25) is 0 Å². The van der Waals surface area contributed by atoms with Gasteiger partial charge in [-0.2, -0.15) is 0 Å². The Morgan fingerprint density at radius 1 is 1.28 bits per heavy atom. The molecule has 0 bridgehead atoms. The third-order valence-corrected chi connectivity index (χ3v) is 3.70. The molecule has 0 unspecified atom stereocenters. The lowest BCUT2D eigenvalue weighted by molar-refractivity contribution is 0.0137. The van der Waals surface area contributed by atoms with Gasteiger partial charge in [0, 0.05) is 25.7 Å². The fourth-order valence-electron chi connectivity index (χ4n) is 2.48. The molecule has 0 spiro atoms. The molecule has 132 valence electrons. The zero-order valence-corrected chi connectivity index (χ0v) is 13.4. The molecule has 0 aliphatic carbocycles. The second-order valence-electron chi connectivity index (χ2n) is 5.65. The first-order chi connectivity index (χ1) is 11.9. The number of rotatable bonds is 6. The van der Waals surface area contributed by atoms with E-state index in [1.807, 2.05) is 0 Å². The van der Waals surface area contributed by atoms with Gasteiger partial charge in [-0.25, -0.2) is 22.8 Å². The number of aliphatic hydroxyl groups is 1. The van der Waals surface area contributed by atoms with Gasteiger partial charge in [-0.1, -0.05) is 5.21 Å². The molecule has 0 aliphatic rings. The van der Waals surface area contributed by atoms with Crippen LogP contribution in [0.5, 0.6) is 0 Å². The van der Waals surface area contributed by atoms with Crippen LogP contribution in [0.25, 0.3) is 5.69 Å². The minimum atomic E-state index is -3.29. The first-order valence-electron chi connectivity index (χ1n) is 7.59. The minimum Gasteiger partial charge on any atom is -0.396 e. The standard InChI is InChI=1S/C16H16F3N5O/c1-16(18,19)13-8-12(2-3-14(13)17)24-10-11(21-22-24)9-23-6-5-20-15(23)4-7-25/h2-3,5-6,8,10,25H,4,7,9H2,1H3. The number of halogens is 3. The summed E-state index contributed by atoms with van der Waals surface area (Å²) in [6.45, 7) is 0.990. The summed E-state index contributed by atoms with van der Waals surface area (Å²) in [5.41, 5.74) is 0.172. The van der Waals surface area contributed by atoms with Crippen molar-refractivity contribution in [3.05, 3.63) is 59.7 Å². The Morgan fingerprint density at radius 2 is 2.08 bits per heavy atom. The Labute approximate surface area is 141 Å². The molecule has 9 heteroatoms. The van der Waals surface area contributed by atoms with Crippen molar-refractivity contribution < 1.29 is 18.3 Å². The van der Waals surface area contributed by atoms with Gasteiger partial charge in [0.25, 0.3) is 5.92 Å². The third kappa shape index (κ3) is 3.71. The molecule has 2 heterocycles. The van der Waals surface area contributed by atoms with Crippen molar-refractivity contribution in [1.82, 2.24) is 24.5 Å². The largest absolute Gasteiger partial charge is 0.396 e. The van der Waals surface area contributed by atoms with Gasteiger partial charge in [-0.05, 0) is 18.2 Å². The molecular formula is C16H16F3N5O. The van der Waals surface area contributed by atoms with Gasteiger partial charge in [0.1, 0.15) is 17.3 Å². The number of hydrogen-bond donors (Lipinski definition) is 1. The zero-order chi connectivity index (χ0) is 18.0. The summed E-state index contributed by atoms with van der Waals surface area (Å²) in [5, 5.41) is 16.9. The minimum absolute atomic E-state index is 0.0205. The molecule has 0 fully saturated rings. The van der Waals surface area contributed by atoms with Crippen molar-refractivity contribution in [3.8, 4) is 5.69 Å². The Kier molecular flexibility index (Phi) is 4.58. The summed E-state index contributed by atoms with van der Waals surface area (Å²) >= 11 is 0. The van der Waals surface area contributed by atoms with Gasteiger partial charge in [0.15, 0.2) is 0 Å². The predicted octanol–water partition coefficient (Wildman–Crippen LogP) is 2.30. The molecule has 3 aromatic rings. The average Bonchev–Trinajstić information content (AvgIpc) is 3.18. The Hall–Kier alpha value is -2.68. The van der Waals surface area contributed by atoms with E-state index in [1.54, 1.807) is 23.2 Å². The van der Waals surface area contributed by atoms with Crippen LogP contribution in [0.3, 0.4) is 0 Å². The topological polar surface area (TPSA) is 68.8 Å². The Morgan fingerprint density at radius 3 is 2.80 bits per heavy atom. The van der Waals surface area contributed by atoms with Crippen LogP contribution in [0, 0.1) is 5.82 Å². The summed E-state index contributed by atoms with van der Waals surface area (Å²) < 4.78 is 43.7. The molecule has 0 atom stereocenters. The number of aliphatic hydroxyl groups excluding tert-OH is 1. The number of aromatic nitrogens is 5. The van der Waals surface area contributed by atoms with E-state index >= 15 is 0 Å². The summed E-state index contributed by atoms with van der Waals surface area (Å²) in [6, 6.07) is 3.40. The number of nitrogens with zero attached hydrogens (tertiary/aromatic N) is 5. The van der Waals surface area contributed by atoms with Crippen LogP contribution in [0.4, 0.5) is 13.2 Å². The number of benzene rings is 1. The zero-order valence-electron chi connectivity index (χ0n) is 13.4. The van der Waals surface area contributed by atoms with Crippen LogP contribution >= 0.6 is 0 Å². The molecule has 2 aromatic heterocycles. The van der Waals surface area contributed by atoms with E-state index in [1.165, 1.54) is 10.7 Å². The highest BCUT2D eigenvalue weighted by atomic mass is 19.3. The van der Waals surface area contributed by atoms with E-state index in [9.17, 15) is 13.2 Å². The molecule has 6 nitrogen and oxygen atoms in total. The summed E-state index contributed by atoms with van der Waals surface area (Å²) in [7, 11) is 0. The molecular weight excluding hydrogens is 335 g/mol. The lowest BCUT2D eigenvalue weighted by atomic mass is 10.1. The predicted molar refractivity (Wildman–Crippen MR) is 83.0 cm³/mol. The van der Waals surface area contributed by atoms with Gasteiger partial charge < -0.3 is 9.67 Å². The number of alkyl halides is 2. The SMILES string of the molecule is CC(F)(F)c1cc(-n2cc(Cn3ccnc3CCO)nn2)ccc1F. The van der Waals surface area contributed by atoms with Crippen LogP contribution in [-0.4, -0.2) is 36.3 Å². The monoisotopic (exact) mass is 351 g/mol. The first kappa shape index (κ1) is 17.2. The molecule has 0 radical (unpaired) electrons. The highest BCUT2D eigenvalue weighted by molar-refractivity contribution is 5.37. The van der Waals surface area contributed by atoms with Gasteiger partial charge >= 0.3 is 0 Å². The van der Waals surface area contributed by atoms with E-state index in [0.29, 0.717) is 31.4 Å². The quantitative estimate of drug-likeness (QED) is 0.740. The molecule has 25 heavy (non-hydrogen) atoms. The fraction of sp³-hybridized carbons (Fsp3) is 0.312. The van der Waals surface area contributed by atoms with Crippen LogP contribution in [-0.2, 0) is 18.9 Å². The lowest BCUT2D eigenvalue weighted by Crippen LogP contribution is -2.11. The van der Waals surface area contributed by atoms with Crippen LogP contribution < -0.4 is 0 Å². The Bertz CT molecular complexity index is 869. The van der Waals surface area contributed by atoms with E-state index in [0.717, 1.165) is 12.1 Å². The molecule has 1 N–H and O–H groups in total. The third-order valence-electron chi connectivity index (χ3n) is 3.70. The van der Waals surface area contributed by atoms with Crippen LogP contribution in [0.15, 0.2) is 36.8 Å². The van der Waals surface area contributed by atoms with Crippen LogP contribution in [0.2, 0.25) is 0 Å². The van der Waals surface area contributed by atoms with Crippen molar-refractivity contribution in [2.75, 3.05) is 6.61 Å². The molecule has 0 aliphatic heterocycles. The van der Waals surface area contributed by atoms with Gasteiger partial charge in [0.05, 0.1) is 30.6 Å². The highest BCUT2D eigenvalue weighted by Crippen LogP contribution is 2.30. The van der Waals surface area contributed by atoms with Crippen molar-refractivity contribution >= 4 is 0 Å². The van der Waals surface area contributed by atoms with E-state index in [4.69, 9.17) is 5.11 Å². The van der Waals surface area contributed by atoms with E-state index in [2.05, 4.69) is 15.3 Å². The maximum atomic E-state index is 13.6. The second kappa shape index (κ2) is 6.67. The number of hydrogen-bond acceptors (Lipinski definition) is 4. The molecule has 0 saturated heterocycles. The Balaban J connectivity index is 1.85. The number of imidazole rings is 1. The van der Waals surface area contributed by atoms with Crippen molar-refractivity contribution in [1.29, 1.82) is 0 Å². The summed E-state index contributed by atoms with van der Waals surface area (Å²) in [4.78, 5) is 4.14. The highest BCUT2D eigenvalue weighted by Gasteiger charge is 2.28. The normalized spacial score (nSPS) is 11.9. The molecule has 1 aromatic carbocycles. The van der Waals surface area contributed by atoms with Gasteiger partial charge in [-0.15, -0.1) is 5.10 Å². The smallest absolute Gasteiger partial charge is 0.273 e. The van der Waals surface area contributed by atoms with Gasteiger partial charge in [-0.3, -0.25) is 0 Å². The summed E-state index contributed by atoms with van der Waals surface area (Å²) in [5.74, 6) is -3.56. The average molecular weight is 351 g/mol.